The Hall–Kier alpha value is -2.39. The molecule has 2 heterocycles. The topological polar surface area (TPSA) is 175 Å². The number of nitrogens with one attached hydrogen (secondary N) is 3. The Morgan fingerprint density at radius 1 is 1.45 bits per heavy atom. The molecule has 0 spiro atoms. The van der Waals surface area contributed by atoms with Gasteiger partial charge < -0.3 is 9.63 Å². The van der Waals surface area contributed by atoms with E-state index in [0.717, 1.165) is 0 Å². The highest BCUT2D eigenvalue weighted by Crippen LogP contribution is 2.20. The smallest absolute Gasteiger partial charge is 0.349 e. The van der Waals surface area contributed by atoms with Gasteiger partial charge in [0.2, 0.25) is 21.4 Å². The second-order valence-electron chi connectivity index (χ2n) is 6.69. The number of unbranched alkanes of at least 4 members (excludes halogenated alkanes) is 1. The van der Waals surface area contributed by atoms with Gasteiger partial charge in [-0.3, -0.25) is 25.3 Å². The van der Waals surface area contributed by atoms with Gasteiger partial charge in [0.05, 0.1) is 18.6 Å². The lowest BCUT2D eigenvalue weighted by Crippen LogP contribution is -2.72. The van der Waals surface area contributed by atoms with Crippen LogP contribution >= 0.6 is 0 Å². The van der Waals surface area contributed by atoms with Gasteiger partial charge in [-0.2, -0.15) is 9.79 Å². The number of aliphatic imine (C=N–C) groups is 1. The van der Waals surface area contributed by atoms with Gasteiger partial charge in [-0.25, -0.2) is 13.2 Å². The highest BCUT2D eigenvalue weighted by Gasteiger charge is 2.52. The van der Waals surface area contributed by atoms with Crippen molar-refractivity contribution in [3.05, 3.63) is 18.0 Å². The Bertz CT molecular complexity index is 860. The van der Waals surface area contributed by atoms with Gasteiger partial charge >= 0.3 is 11.9 Å². The molecular formula is C17H28N6O7S. The molecule has 1 aliphatic rings. The number of aliphatic carboxylic acids is 1. The number of hydrogen-bond acceptors (Lipinski definition) is 10. The highest BCUT2D eigenvalue weighted by molar-refractivity contribution is 7.89. The molecule has 0 saturated heterocycles. The summed E-state index contributed by atoms with van der Waals surface area (Å²) in [5, 5.41) is 19.9. The molecule has 1 aliphatic heterocycles. The first-order chi connectivity index (χ1) is 14.8. The molecule has 1 aromatic rings. The van der Waals surface area contributed by atoms with Gasteiger partial charge in [0.15, 0.2) is 6.29 Å². The fourth-order valence-corrected chi connectivity index (χ4v) is 4.31. The second kappa shape index (κ2) is 11.3. The number of amides is 1. The van der Waals surface area contributed by atoms with Crippen LogP contribution in [0.3, 0.4) is 0 Å². The van der Waals surface area contributed by atoms with Gasteiger partial charge in [-0.05, 0) is 19.8 Å². The maximum absolute atomic E-state index is 13.0. The van der Waals surface area contributed by atoms with Crippen molar-refractivity contribution in [1.82, 2.24) is 25.6 Å². The Balaban J connectivity index is 2.46. The molecule has 0 saturated carbocycles. The molecule has 0 fully saturated rings. The van der Waals surface area contributed by atoms with Crippen molar-refractivity contribution in [2.75, 3.05) is 25.4 Å². The first kappa shape index (κ1) is 24.9. The maximum Gasteiger partial charge on any atom is 0.349 e. The predicted molar refractivity (Wildman–Crippen MR) is 109 cm³/mol. The molecule has 0 bridgehead atoms. The third kappa shape index (κ3) is 6.54. The van der Waals surface area contributed by atoms with Crippen LogP contribution in [0.1, 0.15) is 43.7 Å². The Kier molecular flexibility index (Phi) is 9.06. The molecule has 14 heteroatoms. The molecule has 0 aliphatic carbocycles. The van der Waals surface area contributed by atoms with E-state index in [1.165, 1.54) is 19.2 Å². The number of carbonyl (C=O) groups excluding carboxylic acids is 1. The van der Waals surface area contributed by atoms with Crippen LogP contribution in [0.2, 0.25) is 0 Å². The number of sulfonamides is 1. The van der Waals surface area contributed by atoms with Crippen LogP contribution in [0.15, 0.2) is 21.8 Å². The minimum Gasteiger partial charge on any atom is -0.478 e. The average molecular weight is 461 g/mol. The van der Waals surface area contributed by atoms with Gasteiger partial charge in [0.1, 0.15) is 0 Å². The molecular weight excluding hydrogens is 432 g/mol. The van der Waals surface area contributed by atoms with Crippen molar-refractivity contribution in [2.45, 2.75) is 45.1 Å². The summed E-state index contributed by atoms with van der Waals surface area (Å²) in [6, 6.07) is 1.22. The van der Waals surface area contributed by atoms with Crippen LogP contribution < -0.4 is 15.4 Å². The van der Waals surface area contributed by atoms with Crippen LogP contribution in [0, 0.1) is 0 Å². The molecule has 13 nitrogen and oxygen atoms in total. The van der Waals surface area contributed by atoms with Crippen molar-refractivity contribution in [1.29, 1.82) is 0 Å². The summed E-state index contributed by atoms with van der Waals surface area (Å²) in [4.78, 5) is 35.0. The zero-order chi connectivity index (χ0) is 22.9. The first-order valence-electron chi connectivity index (χ1n) is 9.87. The zero-order valence-corrected chi connectivity index (χ0v) is 18.2. The SMILES string of the molecule is CCCCS(=O)(=O)NC(CNC1N=CCCN1)(C(=O)O)N(OCC)C(=O)c1ccno1. The van der Waals surface area contributed by atoms with Crippen molar-refractivity contribution in [3.63, 3.8) is 0 Å². The molecule has 2 atom stereocenters. The van der Waals surface area contributed by atoms with Gasteiger partial charge in [0.25, 0.3) is 0 Å². The molecule has 174 valence electrons. The molecule has 1 aromatic heterocycles. The fraction of sp³-hybridized carbons (Fsp3) is 0.647. The van der Waals surface area contributed by atoms with E-state index in [1.54, 1.807) is 13.1 Å². The normalized spacial score (nSPS) is 18.5. The molecule has 1 amide bonds. The van der Waals surface area contributed by atoms with E-state index < -0.39 is 40.4 Å². The van der Waals surface area contributed by atoms with Crippen LogP contribution in [-0.4, -0.2) is 79.2 Å². The highest BCUT2D eigenvalue weighted by atomic mass is 32.2. The Morgan fingerprint density at radius 2 is 2.23 bits per heavy atom. The molecule has 0 radical (unpaired) electrons. The number of carboxylic acids is 1. The van der Waals surface area contributed by atoms with E-state index in [2.05, 4.69) is 25.5 Å². The second-order valence-corrected chi connectivity index (χ2v) is 8.53. The lowest BCUT2D eigenvalue weighted by molar-refractivity contribution is -0.203. The number of rotatable bonds is 13. The van der Waals surface area contributed by atoms with E-state index in [1.807, 2.05) is 0 Å². The summed E-state index contributed by atoms with van der Waals surface area (Å²) >= 11 is 0. The van der Waals surface area contributed by atoms with E-state index in [0.29, 0.717) is 30.9 Å². The lowest BCUT2D eigenvalue weighted by atomic mass is 10.1. The van der Waals surface area contributed by atoms with Gasteiger partial charge in [-0.1, -0.05) is 18.5 Å². The van der Waals surface area contributed by atoms with Gasteiger partial charge in [-0.15, -0.1) is 0 Å². The summed E-state index contributed by atoms with van der Waals surface area (Å²) < 4.78 is 32.4. The lowest BCUT2D eigenvalue weighted by Gasteiger charge is -2.39. The summed E-state index contributed by atoms with van der Waals surface area (Å²) in [6.45, 7) is 3.25. The number of carboxylic acid groups (broad SMARTS) is 1. The third-order valence-electron chi connectivity index (χ3n) is 4.30. The Morgan fingerprint density at radius 3 is 2.77 bits per heavy atom. The number of hydrogen-bond donors (Lipinski definition) is 4. The van der Waals surface area contributed by atoms with Crippen LogP contribution in [-0.2, 0) is 19.7 Å². The summed E-state index contributed by atoms with van der Waals surface area (Å²) in [5.74, 6) is -3.31. The van der Waals surface area contributed by atoms with Crippen molar-refractivity contribution < 1.29 is 32.5 Å². The van der Waals surface area contributed by atoms with E-state index in [9.17, 15) is 23.1 Å². The molecule has 2 rings (SSSR count). The molecule has 31 heavy (non-hydrogen) atoms. The van der Waals surface area contributed by atoms with Crippen LogP contribution in [0.25, 0.3) is 0 Å². The minimum atomic E-state index is -4.11. The quantitative estimate of drug-likeness (QED) is 0.222. The van der Waals surface area contributed by atoms with Crippen molar-refractivity contribution >= 4 is 28.1 Å². The number of carbonyl (C=O) groups is 2. The molecule has 2 unspecified atom stereocenters. The summed E-state index contributed by atoms with van der Waals surface area (Å²) in [7, 11) is -4.11. The van der Waals surface area contributed by atoms with Crippen LogP contribution in [0.4, 0.5) is 0 Å². The molecule has 0 aromatic carbocycles. The van der Waals surface area contributed by atoms with Gasteiger partial charge in [0, 0.05) is 25.4 Å². The van der Waals surface area contributed by atoms with E-state index in [4.69, 9.17) is 9.36 Å². The minimum absolute atomic E-state index is 0.120. The fourth-order valence-electron chi connectivity index (χ4n) is 2.78. The largest absolute Gasteiger partial charge is 0.478 e. The third-order valence-corrected chi connectivity index (χ3v) is 5.77. The monoisotopic (exact) mass is 460 g/mol. The average Bonchev–Trinajstić information content (AvgIpc) is 3.29. The zero-order valence-electron chi connectivity index (χ0n) is 17.4. The number of hydroxylamine groups is 2. The first-order valence-corrected chi connectivity index (χ1v) is 11.5. The van der Waals surface area contributed by atoms with Crippen molar-refractivity contribution in [3.8, 4) is 0 Å². The standard InChI is InChI=1S/C17H28N6O7S/c1-3-5-11-31(27,28)22-17(15(25)26,12-20-16-18-8-6-9-19-16)23(29-4-2)14(24)13-7-10-21-30-13/h7-8,10,16,19-20,22H,3-6,9,11-12H2,1-2H3,(H,25,26). The predicted octanol–water partition coefficient (Wildman–Crippen LogP) is -0.494. The van der Waals surface area contributed by atoms with E-state index in [-0.39, 0.29) is 18.1 Å². The van der Waals surface area contributed by atoms with Crippen molar-refractivity contribution in [2.24, 2.45) is 4.99 Å². The summed E-state index contributed by atoms with van der Waals surface area (Å²) in [5.41, 5.74) is -2.53. The number of nitrogens with zero attached hydrogens (tertiary/aromatic N) is 3. The maximum atomic E-state index is 13.0. The molecule has 4 N–H and O–H groups in total. The number of aromatic nitrogens is 1. The van der Waals surface area contributed by atoms with E-state index >= 15 is 0 Å². The Labute approximate surface area is 180 Å². The summed E-state index contributed by atoms with van der Waals surface area (Å²) in [6.07, 6.45) is 3.76. The van der Waals surface area contributed by atoms with Crippen LogP contribution in [0.5, 0.6) is 0 Å².